The topological polar surface area (TPSA) is 22.1 Å². The van der Waals surface area contributed by atoms with Gasteiger partial charge in [0.05, 0.1) is 7.11 Å². The molecule has 0 bridgehead atoms. The van der Waals surface area contributed by atoms with Crippen LogP contribution in [0.2, 0.25) is 0 Å². The Balaban J connectivity index is 2.32. The molecule has 0 aliphatic rings. The number of nitrogens with zero attached hydrogens (tertiary/aromatic N) is 1. The molecule has 0 saturated carbocycles. The van der Waals surface area contributed by atoms with Crippen molar-refractivity contribution >= 4 is 0 Å². The van der Waals surface area contributed by atoms with Crippen LogP contribution in [0, 0.1) is 0 Å². The summed E-state index contributed by atoms with van der Waals surface area (Å²) in [4.78, 5) is 4.62. The zero-order valence-corrected chi connectivity index (χ0v) is 11.9. The van der Waals surface area contributed by atoms with Crippen molar-refractivity contribution < 1.29 is 4.74 Å². The highest BCUT2D eigenvalue weighted by molar-refractivity contribution is 5.69. The first kappa shape index (κ1) is 13.6. The number of pyridine rings is 1. The van der Waals surface area contributed by atoms with Crippen LogP contribution in [0.5, 0.6) is 5.75 Å². The number of aromatic nitrogens is 1. The molecule has 0 unspecified atom stereocenters. The van der Waals surface area contributed by atoms with Crippen molar-refractivity contribution in [3.05, 3.63) is 48.3 Å². The lowest BCUT2D eigenvalue weighted by molar-refractivity contribution is 0.416. The Labute approximate surface area is 115 Å². The maximum atomic E-state index is 5.39. The smallest absolute Gasteiger partial charge is 0.126 e. The SMILES string of the molecule is CCC(CC)c1ccc(-c2ccccc2OC)cn1. The first-order valence-electron chi connectivity index (χ1n) is 6.89. The summed E-state index contributed by atoms with van der Waals surface area (Å²) >= 11 is 0. The summed E-state index contributed by atoms with van der Waals surface area (Å²) in [7, 11) is 1.70. The van der Waals surface area contributed by atoms with Crippen molar-refractivity contribution in [1.82, 2.24) is 4.98 Å². The second-order valence-electron chi connectivity index (χ2n) is 4.69. The predicted octanol–water partition coefficient (Wildman–Crippen LogP) is 4.66. The number of methoxy groups -OCH3 is 1. The van der Waals surface area contributed by atoms with Crippen LogP contribution in [0.4, 0.5) is 0 Å². The maximum Gasteiger partial charge on any atom is 0.126 e. The van der Waals surface area contributed by atoms with E-state index in [9.17, 15) is 0 Å². The van der Waals surface area contributed by atoms with Gasteiger partial charge in [-0.25, -0.2) is 0 Å². The molecule has 1 aromatic carbocycles. The van der Waals surface area contributed by atoms with Gasteiger partial charge >= 0.3 is 0 Å². The van der Waals surface area contributed by atoms with E-state index in [1.807, 2.05) is 24.4 Å². The van der Waals surface area contributed by atoms with Crippen LogP contribution in [0.1, 0.15) is 38.3 Å². The molecule has 2 rings (SSSR count). The van der Waals surface area contributed by atoms with Gasteiger partial charge in [-0.2, -0.15) is 0 Å². The van der Waals surface area contributed by atoms with Crippen molar-refractivity contribution in [1.29, 1.82) is 0 Å². The molecule has 0 spiro atoms. The molecule has 0 amide bonds. The third-order valence-electron chi connectivity index (χ3n) is 3.61. The molecule has 0 radical (unpaired) electrons. The highest BCUT2D eigenvalue weighted by Gasteiger charge is 2.10. The summed E-state index contributed by atoms with van der Waals surface area (Å²) in [5, 5.41) is 0. The molecule has 0 atom stereocenters. The average Bonchev–Trinajstić information content (AvgIpc) is 2.49. The van der Waals surface area contributed by atoms with Gasteiger partial charge in [0.1, 0.15) is 5.75 Å². The standard InChI is InChI=1S/C17H21NO/c1-4-13(5-2)16-11-10-14(12-18-16)15-8-6-7-9-17(15)19-3/h6-13H,4-5H2,1-3H3. The Morgan fingerprint density at radius 1 is 1.05 bits per heavy atom. The number of ether oxygens (including phenoxy) is 1. The highest BCUT2D eigenvalue weighted by Crippen LogP contribution is 2.30. The van der Waals surface area contributed by atoms with E-state index in [4.69, 9.17) is 4.74 Å². The molecule has 19 heavy (non-hydrogen) atoms. The third-order valence-corrected chi connectivity index (χ3v) is 3.61. The second-order valence-corrected chi connectivity index (χ2v) is 4.69. The number of rotatable bonds is 5. The monoisotopic (exact) mass is 255 g/mol. The van der Waals surface area contributed by atoms with Gasteiger partial charge < -0.3 is 4.74 Å². The molecule has 2 heteroatoms. The van der Waals surface area contributed by atoms with Gasteiger partial charge in [-0.1, -0.05) is 38.1 Å². The van der Waals surface area contributed by atoms with E-state index in [-0.39, 0.29) is 0 Å². The zero-order valence-electron chi connectivity index (χ0n) is 11.9. The molecule has 0 N–H and O–H groups in total. The fraction of sp³-hybridized carbons (Fsp3) is 0.353. The maximum absolute atomic E-state index is 5.39. The van der Waals surface area contributed by atoms with Crippen LogP contribution < -0.4 is 4.74 Å². The Kier molecular flexibility index (Phi) is 4.56. The quantitative estimate of drug-likeness (QED) is 0.775. The molecular formula is C17H21NO. The average molecular weight is 255 g/mol. The minimum absolute atomic E-state index is 0.562. The van der Waals surface area contributed by atoms with E-state index in [2.05, 4.69) is 37.0 Å². The number of benzene rings is 1. The molecular weight excluding hydrogens is 234 g/mol. The van der Waals surface area contributed by atoms with Crippen molar-refractivity contribution in [3.63, 3.8) is 0 Å². The van der Waals surface area contributed by atoms with Crippen molar-refractivity contribution in [3.8, 4) is 16.9 Å². The molecule has 100 valence electrons. The van der Waals surface area contributed by atoms with Crippen LogP contribution in [0.25, 0.3) is 11.1 Å². The normalized spacial score (nSPS) is 10.7. The number of hydrogen-bond donors (Lipinski definition) is 0. The Bertz CT molecular complexity index is 515. The lowest BCUT2D eigenvalue weighted by Crippen LogP contribution is -1.98. The van der Waals surface area contributed by atoms with E-state index in [1.165, 1.54) is 5.69 Å². The van der Waals surface area contributed by atoms with Gasteiger partial charge in [0, 0.05) is 28.9 Å². The van der Waals surface area contributed by atoms with Crippen molar-refractivity contribution in [2.75, 3.05) is 7.11 Å². The number of hydrogen-bond acceptors (Lipinski definition) is 2. The summed E-state index contributed by atoms with van der Waals surface area (Å²) in [6.07, 6.45) is 4.22. The Morgan fingerprint density at radius 2 is 1.79 bits per heavy atom. The fourth-order valence-corrected chi connectivity index (χ4v) is 2.40. The Hall–Kier alpha value is -1.83. The van der Waals surface area contributed by atoms with Crippen LogP contribution in [0.15, 0.2) is 42.6 Å². The van der Waals surface area contributed by atoms with Crippen LogP contribution in [-0.4, -0.2) is 12.1 Å². The minimum Gasteiger partial charge on any atom is -0.496 e. The predicted molar refractivity (Wildman–Crippen MR) is 79.5 cm³/mol. The molecule has 0 aliphatic heterocycles. The first-order chi connectivity index (χ1) is 9.30. The Morgan fingerprint density at radius 3 is 2.37 bits per heavy atom. The van der Waals surface area contributed by atoms with Crippen LogP contribution in [0.3, 0.4) is 0 Å². The first-order valence-corrected chi connectivity index (χ1v) is 6.89. The van der Waals surface area contributed by atoms with E-state index >= 15 is 0 Å². The van der Waals surface area contributed by atoms with Crippen molar-refractivity contribution in [2.45, 2.75) is 32.6 Å². The molecule has 0 saturated heterocycles. The third kappa shape index (κ3) is 2.95. The zero-order chi connectivity index (χ0) is 13.7. The van der Waals surface area contributed by atoms with Gasteiger partial charge in [0.2, 0.25) is 0 Å². The number of para-hydroxylation sites is 1. The molecule has 2 aromatic rings. The minimum atomic E-state index is 0.562. The molecule has 0 fully saturated rings. The van der Waals surface area contributed by atoms with E-state index < -0.39 is 0 Å². The summed E-state index contributed by atoms with van der Waals surface area (Å²) in [5.74, 6) is 1.45. The van der Waals surface area contributed by atoms with E-state index in [0.29, 0.717) is 5.92 Å². The summed E-state index contributed by atoms with van der Waals surface area (Å²) in [5.41, 5.74) is 3.38. The van der Waals surface area contributed by atoms with E-state index in [1.54, 1.807) is 7.11 Å². The molecule has 0 aliphatic carbocycles. The van der Waals surface area contributed by atoms with Gasteiger partial charge in [0.25, 0.3) is 0 Å². The van der Waals surface area contributed by atoms with Crippen LogP contribution in [-0.2, 0) is 0 Å². The van der Waals surface area contributed by atoms with Crippen LogP contribution >= 0.6 is 0 Å². The highest BCUT2D eigenvalue weighted by atomic mass is 16.5. The molecule has 1 aromatic heterocycles. The molecule has 1 heterocycles. The van der Waals surface area contributed by atoms with Gasteiger partial charge in [-0.05, 0) is 25.0 Å². The van der Waals surface area contributed by atoms with Gasteiger partial charge in [0.15, 0.2) is 0 Å². The van der Waals surface area contributed by atoms with E-state index in [0.717, 1.165) is 29.7 Å². The lowest BCUT2D eigenvalue weighted by atomic mass is 9.97. The van der Waals surface area contributed by atoms with Gasteiger partial charge in [-0.3, -0.25) is 4.98 Å². The second kappa shape index (κ2) is 6.37. The summed E-state index contributed by atoms with van der Waals surface area (Å²) in [6.45, 7) is 4.42. The summed E-state index contributed by atoms with van der Waals surface area (Å²) < 4.78 is 5.39. The van der Waals surface area contributed by atoms with Crippen molar-refractivity contribution in [2.24, 2.45) is 0 Å². The summed E-state index contributed by atoms with van der Waals surface area (Å²) in [6, 6.07) is 12.3. The fourth-order valence-electron chi connectivity index (χ4n) is 2.40. The largest absolute Gasteiger partial charge is 0.496 e. The lowest BCUT2D eigenvalue weighted by Gasteiger charge is -2.13. The molecule has 2 nitrogen and oxygen atoms in total. The van der Waals surface area contributed by atoms with Gasteiger partial charge in [-0.15, -0.1) is 0 Å².